The minimum Gasteiger partial charge on any atom is -0.352 e. The maximum absolute atomic E-state index is 12.3. The molecule has 1 aliphatic heterocycles. The van der Waals surface area contributed by atoms with Crippen molar-refractivity contribution >= 4 is 5.82 Å². The fourth-order valence-electron chi connectivity index (χ4n) is 1.79. The summed E-state index contributed by atoms with van der Waals surface area (Å²) in [6.07, 6.45) is -4.43. The van der Waals surface area contributed by atoms with E-state index >= 15 is 0 Å². The number of nitrogens with one attached hydrogen (secondary N) is 1. The quantitative estimate of drug-likeness (QED) is 0.810. The lowest BCUT2D eigenvalue weighted by molar-refractivity contribution is -0.141. The minimum atomic E-state index is -4.43. The maximum atomic E-state index is 12.3. The molecule has 0 radical (unpaired) electrons. The molecule has 0 saturated carbocycles. The van der Waals surface area contributed by atoms with E-state index in [4.69, 9.17) is 0 Å². The Bertz CT molecular complexity index is 376. The molecule has 1 aromatic rings. The number of hydrogen-bond donors (Lipinski definition) is 1. The van der Waals surface area contributed by atoms with Crippen LogP contribution >= 0.6 is 0 Å². The van der Waals surface area contributed by atoms with Gasteiger partial charge in [0.1, 0.15) is 0 Å². The summed E-state index contributed by atoms with van der Waals surface area (Å²) in [6, 6.07) is 2.64. The molecule has 1 N–H and O–H groups in total. The fraction of sp³-hybridized carbons (Fsp3) is 0.600. The fourth-order valence-corrected chi connectivity index (χ4v) is 1.79. The van der Waals surface area contributed by atoms with E-state index in [2.05, 4.69) is 15.5 Å². The molecule has 0 aliphatic carbocycles. The van der Waals surface area contributed by atoms with E-state index in [-0.39, 0.29) is 0 Å². The molecule has 0 bridgehead atoms. The lowest BCUT2D eigenvalue weighted by Crippen LogP contribution is -2.49. The second kappa shape index (κ2) is 4.48. The van der Waals surface area contributed by atoms with E-state index in [0.717, 1.165) is 25.7 Å². The smallest absolute Gasteiger partial charge is 0.352 e. The Balaban J connectivity index is 2.12. The van der Waals surface area contributed by atoms with Crippen molar-refractivity contribution in [1.29, 1.82) is 0 Å². The molecule has 1 aliphatic rings. The van der Waals surface area contributed by atoms with Gasteiger partial charge in [-0.2, -0.15) is 13.2 Å². The highest BCUT2D eigenvalue weighted by atomic mass is 19.4. The Morgan fingerprint density at radius 1 is 1.35 bits per heavy atom. The van der Waals surface area contributed by atoms with Crippen molar-refractivity contribution in [2.24, 2.45) is 0 Å². The molecule has 0 unspecified atom stereocenters. The van der Waals surface area contributed by atoms with Crippen molar-refractivity contribution in [1.82, 2.24) is 15.5 Å². The molecule has 0 amide bonds. The molecule has 1 aromatic heterocycles. The van der Waals surface area contributed by atoms with Crippen molar-refractivity contribution in [2.75, 3.05) is 24.5 Å². The number of hydrogen-bond acceptors (Lipinski definition) is 4. The zero-order chi connectivity index (χ0) is 12.5. The van der Waals surface area contributed by atoms with Gasteiger partial charge < -0.3 is 10.2 Å². The molecule has 7 heteroatoms. The summed E-state index contributed by atoms with van der Waals surface area (Å²) in [5.41, 5.74) is -0.954. The molecule has 2 heterocycles. The monoisotopic (exact) mass is 246 g/mol. The molecule has 2 rings (SSSR count). The average molecular weight is 246 g/mol. The summed E-state index contributed by atoms with van der Waals surface area (Å²) in [4.78, 5) is 1.92. The third-order valence-corrected chi connectivity index (χ3v) is 2.63. The van der Waals surface area contributed by atoms with Crippen LogP contribution in [0.15, 0.2) is 12.1 Å². The number of alkyl halides is 3. The van der Waals surface area contributed by atoms with Gasteiger partial charge in [-0.05, 0) is 19.1 Å². The third kappa shape index (κ3) is 2.85. The summed E-state index contributed by atoms with van der Waals surface area (Å²) in [5.74, 6) is 0.492. The van der Waals surface area contributed by atoms with Crippen LogP contribution in [0.25, 0.3) is 0 Å². The van der Waals surface area contributed by atoms with E-state index in [1.165, 1.54) is 6.07 Å². The van der Waals surface area contributed by atoms with Crippen LogP contribution in [0, 0.1) is 0 Å². The Morgan fingerprint density at radius 3 is 2.65 bits per heavy atom. The van der Waals surface area contributed by atoms with Crippen LogP contribution in [0.2, 0.25) is 0 Å². The molecular formula is C10H13F3N4. The SMILES string of the molecule is C[C@@H]1CN(c2ccc(C(F)(F)F)nn2)CCN1. The number of halogens is 3. The largest absolute Gasteiger partial charge is 0.435 e. The highest BCUT2D eigenvalue weighted by Crippen LogP contribution is 2.27. The van der Waals surface area contributed by atoms with Crippen molar-refractivity contribution in [3.63, 3.8) is 0 Å². The standard InChI is InChI=1S/C10H13F3N4/c1-7-6-17(5-4-14-7)9-3-2-8(15-16-9)10(11,12)13/h2-3,7,14H,4-6H2,1H3/t7-/m1/s1. The van der Waals surface area contributed by atoms with E-state index < -0.39 is 11.9 Å². The summed E-state index contributed by atoms with van der Waals surface area (Å²) in [7, 11) is 0. The lowest BCUT2D eigenvalue weighted by atomic mass is 10.2. The third-order valence-electron chi connectivity index (χ3n) is 2.63. The van der Waals surface area contributed by atoms with Gasteiger partial charge in [0.2, 0.25) is 0 Å². The number of nitrogens with zero attached hydrogens (tertiary/aromatic N) is 3. The molecule has 1 fully saturated rings. The van der Waals surface area contributed by atoms with E-state index in [1.807, 2.05) is 11.8 Å². The normalized spacial score (nSPS) is 21.6. The first-order valence-electron chi connectivity index (χ1n) is 5.36. The molecular weight excluding hydrogens is 233 g/mol. The predicted octanol–water partition coefficient (Wildman–Crippen LogP) is 1.29. The highest BCUT2D eigenvalue weighted by molar-refractivity contribution is 5.38. The van der Waals surface area contributed by atoms with Gasteiger partial charge in [0.25, 0.3) is 0 Å². The molecule has 0 spiro atoms. The van der Waals surface area contributed by atoms with Crippen LogP contribution in [-0.4, -0.2) is 35.9 Å². The second-order valence-electron chi connectivity index (χ2n) is 4.08. The van der Waals surface area contributed by atoms with Gasteiger partial charge in [-0.3, -0.25) is 0 Å². The van der Waals surface area contributed by atoms with Crippen molar-refractivity contribution in [2.45, 2.75) is 19.1 Å². The molecule has 4 nitrogen and oxygen atoms in total. The molecule has 1 saturated heterocycles. The van der Waals surface area contributed by atoms with Gasteiger partial charge in [-0.15, -0.1) is 10.2 Å². The van der Waals surface area contributed by atoms with Crippen molar-refractivity contribution in [3.05, 3.63) is 17.8 Å². The topological polar surface area (TPSA) is 41.1 Å². The number of anilines is 1. The molecule has 17 heavy (non-hydrogen) atoms. The van der Waals surface area contributed by atoms with Gasteiger partial charge in [0.15, 0.2) is 11.5 Å². The first kappa shape index (κ1) is 12.1. The van der Waals surface area contributed by atoms with Crippen LogP contribution in [-0.2, 0) is 6.18 Å². The molecule has 1 atom stereocenters. The number of rotatable bonds is 1. The van der Waals surface area contributed by atoms with E-state index in [1.54, 1.807) is 0 Å². The lowest BCUT2D eigenvalue weighted by Gasteiger charge is -2.32. The molecule has 94 valence electrons. The van der Waals surface area contributed by atoms with Crippen molar-refractivity contribution < 1.29 is 13.2 Å². The number of aromatic nitrogens is 2. The van der Waals surface area contributed by atoms with Gasteiger partial charge in [-0.25, -0.2) is 0 Å². The summed E-state index contributed by atoms with van der Waals surface area (Å²) >= 11 is 0. The average Bonchev–Trinajstić information content (AvgIpc) is 2.28. The van der Waals surface area contributed by atoms with Crippen LogP contribution in [0.4, 0.5) is 19.0 Å². The van der Waals surface area contributed by atoms with E-state index in [9.17, 15) is 13.2 Å². The Hall–Kier alpha value is -1.37. The van der Waals surface area contributed by atoms with Crippen LogP contribution in [0.5, 0.6) is 0 Å². The van der Waals surface area contributed by atoms with Crippen molar-refractivity contribution in [3.8, 4) is 0 Å². The first-order chi connectivity index (χ1) is 7.97. The molecule has 0 aromatic carbocycles. The van der Waals surface area contributed by atoms with Crippen LogP contribution < -0.4 is 10.2 Å². The number of piperazine rings is 1. The highest BCUT2D eigenvalue weighted by Gasteiger charge is 2.33. The van der Waals surface area contributed by atoms with Gasteiger partial charge in [-0.1, -0.05) is 0 Å². The zero-order valence-electron chi connectivity index (χ0n) is 9.33. The summed E-state index contributed by atoms with van der Waals surface area (Å²) in [6.45, 7) is 4.26. The predicted molar refractivity (Wildman–Crippen MR) is 56.7 cm³/mol. The summed E-state index contributed by atoms with van der Waals surface area (Å²) in [5, 5.41) is 10.1. The Morgan fingerprint density at radius 2 is 2.12 bits per heavy atom. The Labute approximate surface area is 96.8 Å². The summed E-state index contributed by atoms with van der Waals surface area (Å²) < 4.78 is 36.9. The maximum Gasteiger partial charge on any atom is 0.435 e. The minimum absolute atomic E-state index is 0.299. The van der Waals surface area contributed by atoms with Gasteiger partial charge in [0.05, 0.1) is 0 Å². The zero-order valence-corrected chi connectivity index (χ0v) is 9.33. The van der Waals surface area contributed by atoms with Gasteiger partial charge >= 0.3 is 6.18 Å². The van der Waals surface area contributed by atoms with E-state index in [0.29, 0.717) is 11.9 Å². The van der Waals surface area contributed by atoms with Crippen LogP contribution in [0.1, 0.15) is 12.6 Å². The first-order valence-corrected chi connectivity index (χ1v) is 5.36. The second-order valence-corrected chi connectivity index (χ2v) is 4.08. The van der Waals surface area contributed by atoms with Gasteiger partial charge in [0, 0.05) is 25.7 Å². The van der Waals surface area contributed by atoms with Crippen LogP contribution in [0.3, 0.4) is 0 Å². The Kier molecular flexibility index (Phi) is 3.19.